The van der Waals surface area contributed by atoms with Gasteiger partial charge in [-0.25, -0.2) is 9.18 Å². The molecule has 0 spiro atoms. The molecular formula is C13H20FN3O4. The standard InChI is InChI=1S/C13H20FN3O4/c1-13(2,3)21-12(20)17-6-9(18)11(19)10-8(15)4-7(14)5-16-10/h4-5,9,11,18-19H,6,15H2,1-3H3,(H,17,20). The van der Waals surface area contributed by atoms with E-state index < -0.39 is 29.7 Å². The highest BCUT2D eigenvalue weighted by atomic mass is 19.1. The fraction of sp³-hybridized carbons (Fsp3) is 0.538. The molecule has 1 amide bonds. The summed E-state index contributed by atoms with van der Waals surface area (Å²) in [6.45, 7) is 4.82. The molecule has 0 saturated carbocycles. The first-order chi connectivity index (χ1) is 9.60. The number of nitrogens with zero attached hydrogens (tertiary/aromatic N) is 1. The van der Waals surface area contributed by atoms with E-state index in [0.717, 1.165) is 12.3 Å². The van der Waals surface area contributed by atoms with E-state index >= 15 is 0 Å². The Morgan fingerprint density at radius 1 is 1.52 bits per heavy atom. The maximum atomic E-state index is 12.9. The van der Waals surface area contributed by atoms with E-state index in [4.69, 9.17) is 10.5 Å². The molecule has 2 atom stereocenters. The molecule has 0 aliphatic carbocycles. The first-order valence-corrected chi connectivity index (χ1v) is 6.34. The van der Waals surface area contributed by atoms with Crippen LogP contribution in [0.15, 0.2) is 12.3 Å². The molecule has 0 radical (unpaired) electrons. The average molecular weight is 301 g/mol. The summed E-state index contributed by atoms with van der Waals surface area (Å²) in [5, 5.41) is 22.0. The van der Waals surface area contributed by atoms with E-state index in [0.29, 0.717) is 0 Å². The SMILES string of the molecule is CC(C)(C)OC(=O)NCC(O)C(O)c1ncc(F)cc1N. The first-order valence-electron chi connectivity index (χ1n) is 6.34. The van der Waals surface area contributed by atoms with Crippen LogP contribution in [-0.4, -0.2) is 39.5 Å². The number of nitrogens with two attached hydrogens (primary N) is 1. The molecule has 0 fully saturated rings. The number of pyridine rings is 1. The minimum Gasteiger partial charge on any atom is -0.444 e. The molecule has 0 bridgehead atoms. The maximum absolute atomic E-state index is 12.9. The number of aliphatic hydroxyl groups excluding tert-OH is 2. The number of hydrogen-bond donors (Lipinski definition) is 4. The van der Waals surface area contributed by atoms with Crippen molar-refractivity contribution in [3.8, 4) is 0 Å². The zero-order valence-electron chi connectivity index (χ0n) is 12.1. The van der Waals surface area contributed by atoms with Crippen molar-refractivity contribution < 1.29 is 24.1 Å². The molecule has 0 aromatic carbocycles. The van der Waals surface area contributed by atoms with Gasteiger partial charge in [0.05, 0.1) is 17.6 Å². The molecule has 0 aliphatic heterocycles. The Morgan fingerprint density at radius 2 is 2.14 bits per heavy atom. The van der Waals surface area contributed by atoms with Crippen molar-refractivity contribution in [1.29, 1.82) is 0 Å². The van der Waals surface area contributed by atoms with Crippen molar-refractivity contribution in [1.82, 2.24) is 10.3 Å². The lowest BCUT2D eigenvalue weighted by molar-refractivity contribution is 0.0112. The van der Waals surface area contributed by atoms with E-state index in [-0.39, 0.29) is 17.9 Å². The summed E-state index contributed by atoms with van der Waals surface area (Å²) in [5.41, 5.74) is 4.70. The maximum Gasteiger partial charge on any atom is 0.407 e. The molecule has 5 N–H and O–H groups in total. The monoisotopic (exact) mass is 301 g/mol. The number of halogens is 1. The van der Waals surface area contributed by atoms with Gasteiger partial charge in [-0.3, -0.25) is 4.98 Å². The smallest absolute Gasteiger partial charge is 0.407 e. The van der Waals surface area contributed by atoms with Gasteiger partial charge in [0.25, 0.3) is 0 Å². The Balaban J connectivity index is 2.59. The summed E-state index contributed by atoms with van der Waals surface area (Å²) in [5.74, 6) is -0.648. The Morgan fingerprint density at radius 3 is 2.67 bits per heavy atom. The summed E-state index contributed by atoms with van der Waals surface area (Å²) in [6.07, 6.45) is -2.67. The van der Waals surface area contributed by atoms with Crippen LogP contribution < -0.4 is 11.1 Å². The van der Waals surface area contributed by atoms with Gasteiger partial charge in [0, 0.05) is 12.6 Å². The zero-order chi connectivity index (χ0) is 16.2. The number of alkyl carbamates (subject to hydrolysis) is 1. The van der Waals surface area contributed by atoms with Crippen LogP contribution >= 0.6 is 0 Å². The highest BCUT2D eigenvalue weighted by Gasteiger charge is 2.24. The van der Waals surface area contributed by atoms with E-state index in [2.05, 4.69) is 10.3 Å². The molecule has 0 aliphatic rings. The van der Waals surface area contributed by atoms with Crippen LogP contribution in [0.4, 0.5) is 14.9 Å². The predicted molar refractivity (Wildman–Crippen MR) is 73.8 cm³/mol. The second kappa shape index (κ2) is 6.68. The van der Waals surface area contributed by atoms with E-state index in [1.54, 1.807) is 20.8 Å². The highest BCUT2D eigenvalue weighted by Crippen LogP contribution is 2.21. The Bertz CT molecular complexity index is 505. The molecule has 0 saturated heterocycles. The number of rotatable bonds is 4. The van der Waals surface area contributed by atoms with Crippen LogP contribution in [0.1, 0.15) is 32.6 Å². The normalized spacial score (nSPS) is 14.4. The van der Waals surface area contributed by atoms with Crippen LogP contribution in [0.5, 0.6) is 0 Å². The van der Waals surface area contributed by atoms with Gasteiger partial charge >= 0.3 is 6.09 Å². The second-order valence-corrected chi connectivity index (χ2v) is 5.52. The first kappa shape index (κ1) is 17.1. The molecule has 118 valence electrons. The van der Waals surface area contributed by atoms with E-state index in [9.17, 15) is 19.4 Å². The van der Waals surface area contributed by atoms with Crippen molar-refractivity contribution >= 4 is 11.8 Å². The third-order valence-corrected chi connectivity index (χ3v) is 2.42. The number of carbonyl (C=O) groups excluding carboxylic acids is 1. The third kappa shape index (κ3) is 5.52. The predicted octanol–water partition coefficient (Wildman–Crippen LogP) is 0.722. The molecule has 21 heavy (non-hydrogen) atoms. The van der Waals surface area contributed by atoms with Crippen molar-refractivity contribution in [2.24, 2.45) is 0 Å². The van der Waals surface area contributed by atoms with Gasteiger partial charge in [-0.2, -0.15) is 0 Å². The molecule has 1 aromatic rings. The molecule has 8 heteroatoms. The van der Waals surface area contributed by atoms with Crippen LogP contribution in [-0.2, 0) is 4.74 Å². The Hall–Kier alpha value is -1.93. The number of nitrogens with one attached hydrogen (secondary N) is 1. The molecule has 7 nitrogen and oxygen atoms in total. The number of carbonyl (C=O) groups is 1. The molecule has 1 rings (SSSR count). The van der Waals surface area contributed by atoms with Gasteiger partial charge in [0.2, 0.25) is 0 Å². The van der Waals surface area contributed by atoms with Crippen molar-refractivity contribution in [3.63, 3.8) is 0 Å². The average Bonchev–Trinajstić information content (AvgIpc) is 2.33. The van der Waals surface area contributed by atoms with Crippen LogP contribution in [0, 0.1) is 5.82 Å². The summed E-state index contributed by atoms with van der Waals surface area (Å²) in [4.78, 5) is 15.0. The summed E-state index contributed by atoms with van der Waals surface area (Å²) in [7, 11) is 0. The minimum absolute atomic E-state index is 0.0603. The lowest BCUT2D eigenvalue weighted by Crippen LogP contribution is -2.39. The number of amides is 1. The fourth-order valence-electron chi connectivity index (χ4n) is 1.51. The van der Waals surface area contributed by atoms with Crippen molar-refractivity contribution in [2.45, 2.75) is 38.6 Å². The number of anilines is 1. The minimum atomic E-state index is -1.46. The summed E-state index contributed by atoms with van der Waals surface area (Å²) >= 11 is 0. The van der Waals surface area contributed by atoms with Gasteiger partial charge in [-0.1, -0.05) is 0 Å². The van der Waals surface area contributed by atoms with Gasteiger partial charge in [0.15, 0.2) is 0 Å². The van der Waals surface area contributed by atoms with E-state index in [1.165, 1.54) is 0 Å². The van der Waals surface area contributed by atoms with Crippen LogP contribution in [0.3, 0.4) is 0 Å². The van der Waals surface area contributed by atoms with Gasteiger partial charge in [0.1, 0.15) is 23.6 Å². The largest absolute Gasteiger partial charge is 0.444 e. The van der Waals surface area contributed by atoms with Crippen molar-refractivity contribution in [2.75, 3.05) is 12.3 Å². The lowest BCUT2D eigenvalue weighted by Gasteiger charge is -2.22. The van der Waals surface area contributed by atoms with Gasteiger partial charge < -0.3 is 26.0 Å². The van der Waals surface area contributed by atoms with E-state index in [1.807, 2.05) is 0 Å². The Labute approximate surface area is 121 Å². The Kier molecular flexibility index (Phi) is 5.45. The van der Waals surface area contributed by atoms with Crippen LogP contribution in [0.25, 0.3) is 0 Å². The van der Waals surface area contributed by atoms with Crippen LogP contribution in [0.2, 0.25) is 0 Å². The lowest BCUT2D eigenvalue weighted by atomic mass is 10.1. The third-order valence-electron chi connectivity index (χ3n) is 2.42. The summed E-state index contributed by atoms with van der Waals surface area (Å²) < 4.78 is 17.8. The highest BCUT2D eigenvalue weighted by molar-refractivity contribution is 5.67. The number of aromatic nitrogens is 1. The molecular weight excluding hydrogens is 281 g/mol. The molecule has 1 heterocycles. The quantitative estimate of drug-likeness (QED) is 0.651. The number of hydrogen-bond acceptors (Lipinski definition) is 6. The van der Waals surface area contributed by atoms with Gasteiger partial charge in [-0.15, -0.1) is 0 Å². The second-order valence-electron chi connectivity index (χ2n) is 5.52. The molecule has 1 aromatic heterocycles. The topological polar surface area (TPSA) is 118 Å². The number of aliphatic hydroxyl groups is 2. The fourth-order valence-corrected chi connectivity index (χ4v) is 1.51. The van der Waals surface area contributed by atoms with Crippen molar-refractivity contribution in [3.05, 3.63) is 23.8 Å². The zero-order valence-corrected chi connectivity index (χ0v) is 12.1. The molecule has 2 unspecified atom stereocenters. The summed E-state index contributed by atoms with van der Waals surface area (Å²) in [6, 6.07) is 0.986. The number of ether oxygens (including phenoxy) is 1. The van der Waals surface area contributed by atoms with Gasteiger partial charge in [-0.05, 0) is 20.8 Å². The number of nitrogen functional groups attached to an aromatic ring is 1.